The number of fused-ring (bicyclic) bond motifs is 2. The molecule has 1 aromatic heterocycles. The van der Waals surface area contributed by atoms with Crippen molar-refractivity contribution in [1.82, 2.24) is 14.9 Å². The fraction of sp³-hybridized carbons (Fsp3) is 0.393. The molecule has 2 aliphatic heterocycles. The van der Waals surface area contributed by atoms with Crippen LogP contribution >= 0.6 is 0 Å². The van der Waals surface area contributed by atoms with Crippen LogP contribution in [0.25, 0.3) is 17.0 Å². The third-order valence-electron chi connectivity index (χ3n) is 7.10. The molecule has 8 heteroatoms. The number of aromatic nitrogens is 2. The van der Waals surface area contributed by atoms with E-state index in [9.17, 15) is 4.79 Å². The van der Waals surface area contributed by atoms with E-state index >= 15 is 0 Å². The Hall–Kier alpha value is -3.65. The van der Waals surface area contributed by atoms with Crippen molar-refractivity contribution in [3.8, 4) is 23.1 Å². The number of allylic oxidation sites excluding steroid dienone is 1. The highest BCUT2D eigenvalue weighted by Gasteiger charge is 2.50. The summed E-state index contributed by atoms with van der Waals surface area (Å²) in [7, 11) is 1.60. The van der Waals surface area contributed by atoms with Crippen LogP contribution < -0.4 is 14.2 Å². The van der Waals surface area contributed by atoms with Gasteiger partial charge in [-0.1, -0.05) is 17.7 Å². The number of hydrogen-bond acceptors (Lipinski definition) is 7. The van der Waals surface area contributed by atoms with Crippen LogP contribution in [-0.2, 0) is 16.0 Å². The molecule has 2 aromatic carbocycles. The number of amides is 1. The minimum Gasteiger partial charge on any atom is -0.493 e. The number of hydrogen-bond donors (Lipinski definition) is 0. The molecule has 0 N–H and O–H groups in total. The molecule has 3 aromatic rings. The van der Waals surface area contributed by atoms with Gasteiger partial charge in [-0.05, 0) is 49.1 Å². The van der Waals surface area contributed by atoms with Crippen LogP contribution in [0, 0.1) is 5.41 Å². The summed E-state index contributed by atoms with van der Waals surface area (Å²) >= 11 is 0. The topological polar surface area (TPSA) is 83.0 Å². The van der Waals surface area contributed by atoms with Gasteiger partial charge >= 0.3 is 0 Å². The Morgan fingerprint density at radius 3 is 2.78 bits per heavy atom. The highest BCUT2D eigenvalue weighted by atomic mass is 16.5. The molecule has 2 fully saturated rings. The number of carbonyl (C=O) groups excluding carboxylic acids is 1. The summed E-state index contributed by atoms with van der Waals surface area (Å²) in [5.41, 5.74) is 4.76. The maximum Gasteiger partial charge on any atom is 0.230 e. The molecular weight excluding hydrogens is 458 g/mol. The third kappa shape index (κ3) is 4.26. The van der Waals surface area contributed by atoms with Gasteiger partial charge < -0.3 is 23.8 Å². The Balaban J connectivity index is 1.11. The van der Waals surface area contributed by atoms with E-state index in [1.165, 1.54) is 23.0 Å². The van der Waals surface area contributed by atoms with Gasteiger partial charge in [0, 0.05) is 25.6 Å². The van der Waals surface area contributed by atoms with Crippen LogP contribution in [0.3, 0.4) is 0 Å². The number of carbonyl (C=O) groups is 1. The van der Waals surface area contributed by atoms with Crippen molar-refractivity contribution in [2.45, 2.75) is 26.2 Å². The summed E-state index contributed by atoms with van der Waals surface area (Å²) in [6.45, 7) is 5.74. The average molecular weight is 488 g/mol. The summed E-state index contributed by atoms with van der Waals surface area (Å²) in [6, 6.07) is 9.77. The predicted octanol–water partition coefficient (Wildman–Crippen LogP) is 4.41. The van der Waals surface area contributed by atoms with Gasteiger partial charge in [-0.3, -0.25) is 4.79 Å². The molecule has 1 aliphatic carbocycles. The Bertz CT molecular complexity index is 1360. The predicted molar refractivity (Wildman–Crippen MR) is 135 cm³/mol. The largest absolute Gasteiger partial charge is 0.493 e. The molecule has 36 heavy (non-hydrogen) atoms. The lowest BCUT2D eigenvalue weighted by atomic mass is 9.78. The molecule has 1 amide bonds. The zero-order valence-corrected chi connectivity index (χ0v) is 20.6. The number of nitrogens with zero attached hydrogens (tertiary/aromatic N) is 3. The van der Waals surface area contributed by atoms with Gasteiger partial charge in [0.1, 0.15) is 12.1 Å². The Kier molecular flexibility index (Phi) is 5.76. The van der Waals surface area contributed by atoms with Crippen LogP contribution in [-0.4, -0.2) is 60.8 Å². The molecule has 8 nitrogen and oxygen atoms in total. The molecule has 6 rings (SSSR count). The molecular formula is C28H29N3O5. The average Bonchev–Trinajstić information content (AvgIpc) is 3.19. The number of ether oxygens (including phenoxy) is 4. The van der Waals surface area contributed by atoms with Gasteiger partial charge in [0.15, 0.2) is 11.5 Å². The van der Waals surface area contributed by atoms with Crippen molar-refractivity contribution in [2.24, 2.45) is 5.41 Å². The van der Waals surface area contributed by atoms with E-state index in [4.69, 9.17) is 18.9 Å². The molecule has 0 bridgehead atoms. The fourth-order valence-corrected chi connectivity index (χ4v) is 5.13. The number of rotatable bonds is 8. The smallest absolute Gasteiger partial charge is 0.230 e. The molecule has 0 atom stereocenters. The number of benzene rings is 2. The summed E-state index contributed by atoms with van der Waals surface area (Å²) in [6.07, 6.45) is 5.74. The minimum absolute atomic E-state index is 0.174. The first-order valence-electron chi connectivity index (χ1n) is 12.3. The zero-order valence-electron chi connectivity index (χ0n) is 20.6. The van der Waals surface area contributed by atoms with E-state index in [1.54, 1.807) is 7.11 Å². The van der Waals surface area contributed by atoms with E-state index in [2.05, 4.69) is 29.0 Å². The van der Waals surface area contributed by atoms with Crippen molar-refractivity contribution in [1.29, 1.82) is 0 Å². The lowest BCUT2D eigenvalue weighted by Gasteiger charge is -2.55. The molecule has 3 aliphatic rings. The van der Waals surface area contributed by atoms with Gasteiger partial charge in [0.2, 0.25) is 11.8 Å². The number of methoxy groups -OCH3 is 1. The van der Waals surface area contributed by atoms with E-state index in [-0.39, 0.29) is 11.3 Å². The first-order chi connectivity index (χ1) is 17.5. The first-order valence-corrected chi connectivity index (χ1v) is 12.3. The lowest BCUT2D eigenvalue weighted by molar-refractivity contribution is -0.195. The van der Waals surface area contributed by atoms with Gasteiger partial charge in [0.25, 0.3) is 0 Å². The monoisotopic (exact) mass is 487 g/mol. The molecule has 2 saturated heterocycles. The highest BCUT2D eigenvalue weighted by molar-refractivity contribution is 5.87. The van der Waals surface area contributed by atoms with Gasteiger partial charge in [-0.25, -0.2) is 9.97 Å². The Labute approximate surface area is 209 Å². The van der Waals surface area contributed by atoms with E-state index in [0.717, 1.165) is 43.9 Å². The summed E-state index contributed by atoms with van der Waals surface area (Å²) in [5, 5.41) is 0.732. The van der Waals surface area contributed by atoms with Crippen LogP contribution in [0.15, 0.2) is 42.2 Å². The lowest BCUT2D eigenvalue weighted by Crippen LogP contribution is -2.67. The second-order valence-corrected chi connectivity index (χ2v) is 10.0. The molecule has 186 valence electrons. The van der Waals surface area contributed by atoms with Crippen LogP contribution in [0.2, 0.25) is 0 Å². The van der Waals surface area contributed by atoms with Crippen molar-refractivity contribution in [3.05, 3.63) is 53.4 Å². The first kappa shape index (κ1) is 22.8. The van der Waals surface area contributed by atoms with Crippen LogP contribution in [0.5, 0.6) is 23.1 Å². The normalized spacial score (nSPS) is 17.3. The maximum atomic E-state index is 12.4. The SMILES string of the molecule is COc1cc2c(Oc3ccc4c(c3)C=C(C)C4)ncnc2cc1OCCCC(=O)N1CC2(COC2)C1. The molecule has 0 saturated carbocycles. The Morgan fingerprint density at radius 2 is 2.00 bits per heavy atom. The van der Waals surface area contributed by atoms with Crippen molar-refractivity contribution >= 4 is 22.9 Å². The highest BCUT2D eigenvalue weighted by Crippen LogP contribution is 2.39. The standard InChI is InChI=1S/C28H29N3O5/c1-18-8-19-5-6-21(10-20(19)9-18)36-27-22-11-24(33-2)25(12-23(22)29-17-30-27)35-7-3-4-26(32)31-13-28(14-31)15-34-16-28/h5-6,9-12,17H,3-4,7-8,13-16H2,1-2H3. The summed E-state index contributed by atoms with van der Waals surface area (Å²) in [5.74, 6) is 2.50. The molecule has 1 spiro atoms. The molecule has 3 heterocycles. The molecule has 0 unspecified atom stereocenters. The van der Waals surface area contributed by atoms with E-state index in [0.29, 0.717) is 42.3 Å². The zero-order chi connectivity index (χ0) is 24.7. The fourth-order valence-electron chi connectivity index (χ4n) is 5.13. The summed E-state index contributed by atoms with van der Waals surface area (Å²) in [4.78, 5) is 23.1. The van der Waals surface area contributed by atoms with Gasteiger partial charge in [-0.2, -0.15) is 0 Å². The van der Waals surface area contributed by atoms with Gasteiger partial charge in [-0.15, -0.1) is 0 Å². The van der Waals surface area contributed by atoms with E-state index < -0.39 is 0 Å². The van der Waals surface area contributed by atoms with Crippen LogP contribution in [0.1, 0.15) is 30.9 Å². The van der Waals surface area contributed by atoms with Gasteiger partial charge in [0.05, 0.1) is 43.2 Å². The second-order valence-electron chi connectivity index (χ2n) is 10.0. The van der Waals surface area contributed by atoms with Crippen molar-refractivity contribution < 1.29 is 23.7 Å². The summed E-state index contributed by atoms with van der Waals surface area (Å²) < 4.78 is 23.0. The number of likely N-dealkylation sites (tertiary alicyclic amines) is 1. The van der Waals surface area contributed by atoms with Crippen molar-refractivity contribution in [2.75, 3.05) is 40.0 Å². The molecule has 0 radical (unpaired) electrons. The van der Waals surface area contributed by atoms with Crippen molar-refractivity contribution in [3.63, 3.8) is 0 Å². The van der Waals surface area contributed by atoms with E-state index in [1.807, 2.05) is 29.2 Å². The minimum atomic E-state index is 0.174. The second kappa shape index (κ2) is 9.09. The quantitative estimate of drug-likeness (QED) is 0.435. The van der Waals surface area contributed by atoms with Crippen LogP contribution in [0.4, 0.5) is 0 Å². The third-order valence-corrected chi connectivity index (χ3v) is 7.10. The maximum absolute atomic E-state index is 12.4. The Morgan fingerprint density at radius 1 is 1.14 bits per heavy atom.